The molecule has 0 aromatic heterocycles. The van der Waals surface area contributed by atoms with Crippen molar-refractivity contribution in [3.05, 3.63) is 0 Å². The first-order valence-corrected chi connectivity index (χ1v) is 1.47. The van der Waals surface area contributed by atoms with Crippen LogP contribution >= 0.6 is 0 Å². The molecular formula is C3H8HfO5. The molecule has 0 bridgehead atoms. The summed E-state index contributed by atoms with van der Waals surface area (Å²) in [5.74, 6) is -0.995. The van der Waals surface area contributed by atoms with Gasteiger partial charge in [0.25, 0.3) is 0 Å². The standard InChI is InChI=1S/C3H6O2.Hf.3H2O/c1-2-3(4)5;;;;/h2H2,1H3,(H,4,5);;3*1H2/q;+4;;;/p-4. The van der Waals surface area contributed by atoms with Gasteiger partial charge >= 0.3 is 25.8 Å². The van der Waals surface area contributed by atoms with Crippen LogP contribution in [0.1, 0.15) is 13.3 Å². The van der Waals surface area contributed by atoms with E-state index in [-0.39, 0.29) is 48.7 Å². The first-order chi connectivity index (χ1) is 2.27. The third-order valence-electron chi connectivity index (χ3n) is 0.289. The molecule has 9 heavy (non-hydrogen) atoms. The van der Waals surface area contributed by atoms with Crippen LogP contribution < -0.4 is 5.11 Å². The van der Waals surface area contributed by atoms with E-state index in [1.165, 1.54) is 6.92 Å². The summed E-state index contributed by atoms with van der Waals surface area (Å²) in [5, 5.41) is 9.26. The molecule has 0 aliphatic carbocycles. The number of hydrogen-bond donors (Lipinski definition) is 0. The van der Waals surface area contributed by atoms with E-state index < -0.39 is 5.97 Å². The fourth-order valence-electron chi connectivity index (χ4n) is 0. The number of carboxylic acids is 1. The van der Waals surface area contributed by atoms with Crippen molar-refractivity contribution in [1.82, 2.24) is 0 Å². The van der Waals surface area contributed by atoms with Crippen molar-refractivity contribution >= 4 is 5.97 Å². The van der Waals surface area contributed by atoms with E-state index in [0.717, 1.165) is 0 Å². The number of aliphatic carboxylic acids is 1. The SMILES string of the molecule is CCC(=O)[O-].[Hf+4].[OH-].[OH-].[OH-]. The molecule has 0 heterocycles. The van der Waals surface area contributed by atoms with Crippen molar-refractivity contribution < 1.29 is 52.2 Å². The Morgan fingerprint density at radius 2 is 1.44 bits per heavy atom. The third-order valence-corrected chi connectivity index (χ3v) is 0.289. The second-order valence-electron chi connectivity index (χ2n) is 0.726. The zero-order valence-corrected chi connectivity index (χ0v) is 8.46. The smallest absolute Gasteiger partial charge is 0.870 e. The Bertz CT molecular complexity index is 47.5. The largest absolute Gasteiger partial charge is 4.00 e. The summed E-state index contributed by atoms with van der Waals surface area (Å²) in [6.45, 7) is 1.54. The summed E-state index contributed by atoms with van der Waals surface area (Å²) in [5.41, 5.74) is 0. The van der Waals surface area contributed by atoms with Crippen LogP contribution in [0.3, 0.4) is 0 Å². The molecular weight excluding hydrogens is 295 g/mol. The van der Waals surface area contributed by atoms with Crippen LogP contribution in [0.25, 0.3) is 0 Å². The molecule has 0 aromatic rings. The molecule has 0 unspecified atom stereocenters. The molecule has 0 aliphatic rings. The average Bonchev–Trinajstić information content (AvgIpc) is 1.38. The maximum absolute atomic E-state index is 9.26. The van der Waals surface area contributed by atoms with Crippen molar-refractivity contribution in [2.45, 2.75) is 13.3 Å². The molecule has 0 fully saturated rings. The van der Waals surface area contributed by atoms with Crippen LogP contribution in [0.2, 0.25) is 0 Å². The van der Waals surface area contributed by atoms with Crippen LogP contribution in [-0.4, -0.2) is 22.4 Å². The van der Waals surface area contributed by atoms with E-state index in [1.807, 2.05) is 0 Å². The van der Waals surface area contributed by atoms with E-state index in [0.29, 0.717) is 0 Å². The van der Waals surface area contributed by atoms with Crippen LogP contribution in [0, 0.1) is 0 Å². The third kappa shape index (κ3) is 64.5. The van der Waals surface area contributed by atoms with Gasteiger partial charge in [-0.25, -0.2) is 0 Å². The molecule has 6 heteroatoms. The Morgan fingerprint density at radius 1 is 1.33 bits per heavy atom. The molecule has 0 rings (SSSR count). The minimum absolute atomic E-state index is 0. The quantitative estimate of drug-likeness (QED) is 0.550. The summed E-state index contributed by atoms with van der Waals surface area (Å²) in [6.07, 6.45) is 0.111. The normalized spacial score (nSPS) is 4.11. The Labute approximate surface area is 71.8 Å². The Kier molecular flexibility index (Phi) is 93.5. The van der Waals surface area contributed by atoms with Crippen LogP contribution in [0.4, 0.5) is 0 Å². The topological polar surface area (TPSA) is 130 Å². The van der Waals surface area contributed by atoms with Crippen molar-refractivity contribution in [1.29, 1.82) is 0 Å². The van der Waals surface area contributed by atoms with E-state index in [4.69, 9.17) is 0 Å². The molecule has 0 saturated heterocycles. The Hall–Kier alpha value is 0.220. The second kappa shape index (κ2) is 24.1. The molecule has 0 atom stereocenters. The van der Waals surface area contributed by atoms with E-state index in [9.17, 15) is 9.90 Å². The van der Waals surface area contributed by atoms with Crippen LogP contribution in [-0.2, 0) is 30.6 Å². The number of carboxylic acid groups (broad SMARTS) is 1. The van der Waals surface area contributed by atoms with Gasteiger partial charge in [0.15, 0.2) is 0 Å². The number of carbonyl (C=O) groups excluding carboxylic acids is 1. The van der Waals surface area contributed by atoms with Gasteiger partial charge in [-0.3, -0.25) is 0 Å². The van der Waals surface area contributed by atoms with Crippen molar-refractivity contribution in [3.63, 3.8) is 0 Å². The summed E-state index contributed by atoms with van der Waals surface area (Å²) in [7, 11) is 0. The summed E-state index contributed by atoms with van der Waals surface area (Å²) in [4.78, 5) is 9.26. The average molecular weight is 303 g/mol. The first-order valence-electron chi connectivity index (χ1n) is 1.47. The van der Waals surface area contributed by atoms with Gasteiger partial charge in [-0.15, -0.1) is 0 Å². The molecule has 0 amide bonds. The van der Waals surface area contributed by atoms with Crippen LogP contribution in [0.5, 0.6) is 0 Å². The van der Waals surface area contributed by atoms with Gasteiger partial charge in [0, 0.05) is 5.97 Å². The molecule has 0 saturated carbocycles. The monoisotopic (exact) mass is 304 g/mol. The summed E-state index contributed by atoms with van der Waals surface area (Å²) >= 11 is 0. The molecule has 0 aliphatic heterocycles. The minimum atomic E-state index is -0.995. The maximum Gasteiger partial charge on any atom is 4.00 e. The Morgan fingerprint density at radius 3 is 1.44 bits per heavy atom. The molecule has 5 nitrogen and oxygen atoms in total. The van der Waals surface area contributed by atoms with Gasteiger partial charge in [-0.2, -0.15) is 0 Å². The fraction of sp³-hybridized carbons (Fsp3) is 0.667. The van der Waals surface area contributed by atoms with Gasteiger partial charge in [0.2, 0.25) is 0 Å². The maximum atomic E-state index is 9.26. The number of hydrogen-bond acceptors (Lipinski definition) is 5. The summed E-state index contributed by atoms with van der Waals surface area (Å²) < 4.78 is 0. The van der Waals surface area contributed by atoms with Crippen molar-refractivity contribution in [2.24, 2.45) is 0 Å². The summed E-state index contributed by atoms with van der Waals surface area (Å²) in [6, 6.07) is 0. The van der Waals surface area contributed by atoms with Gasteiger partial charge in [0.1, 0.15) is 0 Å². The number of carbonyl (C=O) groups is 1. The van der Waals surface area contributed by atoms with Gasteiger partial charge in [0.05, 0.1) is 0 Å². The molecule has 0 spiro atoms. The predicted molar refractivity (Wildman–Crippen MR) is 21.1 cm³/mol. The molecule has 54 valence electrons. The Balaban J connectivity index is -0.0000000133. The van der Waals surface area contributed by atoms with Crippen LogP contribution in [0.15, 0.2) is 0 Å². The number of rotatable bonds is 1. The van der Waals surface area contributed by atoms with Gasteiger partial charge in [-0.05, 0) is 6.42 Å². The first kappa shape index (κ1) is 35.0. The van der Waals surface area contributed by atoms with Gasteiger partial charge < -0.3 is 26.3 Å². The zero-order chi connectivity index (χ0) is 4.28. The van der Waals surface area contributed by atoms with Gasteiger partial charge in [-0.1, -0.05) is 6.92 Å². The van der Waals surface area contributed by atoms with Crippen molar-refractivity contribution in [2.75, 3.05) is 0 Å². The molecule has 0 aromatic carbocycles. The fourth-order valence-corrected chi connectivity index (χ4v) is 0. The zero-order valence-electron chi connectivity index (χ0n) is 4.87. The minimum Gasteiger partial charge on any atom is -0.870 e. The van der Waals surface area contributed by atoms with E-state index in [1.54, 1.807) is 0 Å². The van der Waals surface area contributed by atoms with E-state index >= 15 is 0 Å². The predicted octanol–water partition coefficient (Wildman–Crippen LogP) is -1.39. The van der Waals surface area contributed by atoms with E-state index in [2.05, 4.69) is 0 Å². The van der Waals surface area contributed by atoms with Crippen molar-refractivity contribution in [3.8, 4) is 0 Å². The molecule has 3 N–H and O–H groups in total. The second-order valence-corrected chi connectivity index (χ2v) is 0.726. The molecule has 0 radical (unpaired) electrons.